The fraction of sp³-hybridized carbons (Fsp3) is 0.750. The molecule has 17 heavy (non-hydrogen) atoms. The van der Waals surface area contributed by atoms with E-state index < -0.39 is 0 Å². The average Bonchev–Trinajstić information content (AvgIpc) is 2.72. The number of nitrogens with one attached hydrogen (secondary N) is 1. The van der Waals surface area contributed by atoms with Gasteiger partial charge in [-0.25, -0.2) is 4.98 Å². The van der Waals surface area contributed by atoms with Crippen molar-refractivity contribution in [3.63, 3.8) is 0 Å². The average molecular weight is 255 g/mol. The maximum Gasteiger partial charge on any atom is 0.0897 e. The number of hydrazine groups is 1. The van der Waals surface area contributed by atoms with E-state index in [1.807, 2.05) is 6.92 Å². The van der Waals surface area contributed by atoms with Crippen molar-refractivity contribution >= 4 is 11.3 Å². The third-order valence-electron chi connectivity index (χ3n) is 3.52. The summed E-state index contributed by atoms with van der Waals surface area (Å²) in [7, 11) is 0. The largest absolute Gasteiger partial charge is 0.374 e. The van der Waals surface area contributed by atoms with E-state index in [-0.39, 0.29) is 11.6 Å². The molecule has 0 amide bonds. The summed E-state index contributed by atoms with van der Waals surface area (Å²) in [6.45, 7) is 5.01. The van der Waals surface area contributed by atoms with Gasteiger partial charge >= 0.3 is 0 Å². The van der Waals surface area contributed by atoms with Crippen molar-refractivity contribution in [2.75, 3.05) is 6.61 Å². The molecule has 1 saturated heterocycles. The quantitative estimate of drug-likeness (QED) is 0.636. The molecule has 1 fully saturated rings. The number of nitrogens with zero attached hydrogens (tertiary/aromatic N) is 1. The predicted molar refractivity (Wildman–Crippen MR) is 69.9 cm³/mol. The first-order valence-corrected chi connectivity index (χ1v) is 7.03. The van der Waals surface area contributed by atoms with Crippen molar-refractivity contribution < 1.29 is 4.74 Å². The molecule has 1 aliphatic heterocycles. The second-order valence-corrected chi connectivity index (χ2v) is 5.96. The lowest BCUT2D eigenvalue weighted by Gasteiger charge is -2.40. The normalized spacial score (nSPS) is 27.0. The number of hydrogen-bond donors (Lipinski definition) is 2. The van der Waals surface area contributed by atoms with E-state index in [0.29, 0.717) is 0 Å². The van der Waals surface area contributed by atoms with Crippen LogP contribution in [0.3, 0.4) is 0 Å². The van der Waals surface area contributed by atoms with Gasteiger partial charge in [-0.3, -0.25) is 11.3 Å². The van der Waals surface area contributed by atoms with E-state index >= 15 is 0 Å². The highest BCUT2D eigenvalue weighted by Gasteiger charge is 2.36. The van der Waals surface area contributed by atoms with Crippen LogP contribution in [0.2, 0.25) is 0 Å². The van der Waals surface area contributed by atoms with Crippen LogP contribution in [0.25, 0.3) is 0 Å². The molecule has 4 nitrogen and oxygen atoms in total. The lowest BCUT2D eigenvalue weighted by molar-refractivity contribution is -0.0886. The summed E-state index contributed by atoms with van der Waals surface area (Å²) in [4.78, 5) is 4.49. The number of aromatic nitrogens is 1. The molecular weight excluding hydrogens is 234 g/mol. The smallest absolute Gasteiger partial charge is 0.0897 e. The lowest BCUT2D eigenvalue weighted by Crippen LogP contribution is -2.55. The Morgan fingerprint density at radius 1 is 1.65 bits per heavy atom. The van der Waals surface area contributed by atoms with Crippen LogP contribution in [0, 0.1) is 6.92 Å². The number of hydrogen-bond acceptors (Lipinski definition) is 5. The van der Waals surface area contributed by atoms with Crippen LogP contribution in [-0.4, -0.2) is 23.2 Å². The minimum Gasteiger partial charge on any atom is -0.374 e. The first-order valence-electron chi connectivity index (χ1n) is 6.15. The molecule has 2 heterocycles. The molecule has 5 heteroatoms. The van der Waals surface area contributed by atoms with E-state index in [4.69, 9.17) is 10.6 Å². The Balaban J connectivity index is 2.05. The number of rotatable bonds is 4. The van der Waals surface area contributed by atoms with Gasteiger partial charge in [-0.2, -0.15) is 0 Å². The van der Waals surface area contributed by atoms with Crippen molar-refractivity contribution in [1.29, 1.82) is 0 Å². The van der Waals surface area contributed by atoms with Gasteiger partial charge in [0.15, 0.2) is 0 Å². The zero-order chi connectivity index (χ0) is 12.3. The molecular formula is C12H21N3OS. The van der Waals surface area contributed by atoms with Gasteiger partial charge in [-0.05, 0) is 33.1 Å². The van der Waals surface area contributed by atoms with Gasteiger partial charge in [0, 0.05) is 18.4 Å². The number of nitrogens with two attached hydrogens (primary N) is 1. The summed E-state index contributed by atoms with van der Waals surface area (Å²) in [5, 5.41) is 3.21. The second-order valence-electron chi connectivity index (χ2n) is 4.90. The predicted octanol–water partition coefficient (Wildman–Crippen LogP) is 1.79. The van der Waals surface area contributed by atoms with Crippen molar-refractivity contribution in [3.05, 3.63) is 16.1 Å². The monoisotopic (exact) mass is 255 g/mol. The number of thiazole rings is 1. The van der Waals surface area contributed by atoms with Crippen LogP contribution in [0.1, 0.15) is 36.9 Å². The van der Waals surface area contributed by atoms with Crippen LogP contribution >= 0.6 is 11.3 Å². The number of aryl methyl sites for hydroxylation is 1. The van der Waals surface area contributed by atoms with E-state index in [2.05, 4.69) is 22.7 Å². The van der Waals surface area contributed by atoms with E-state index in [1.54, 1.807) is 11.3 Å². The molecule has 2 unspecified atom stereocenters. The van der Waals surface area contributed by atoms with Crippen LogP contribution in [0.4, 0.5) is 0 Å². The summed E-state index contributed by atoms with van der Waals surface area (Å²) in [5.74, 6) is 5.69. The third-order valence-corrected chi connectivity index (χ3v) is 4.34. The van der Waals surface area contributed by atoms with Crippen molar-refractivity contribution in [3.8, 4) is 0 Å². The topological polar surface area (TPSA) is 60.2 Å². The molecule has 3 N–H and O–H groups in total. The van der Waals surface area contributed by atoms with E-state index in [1.165, 1.54) is 6.42 Å². The molecule has 2 atom stereocenters. The number of ether oxygens (including phenoxy) is 1. The van der Waals surface area contributed by atoms with Crippen molar-refractivity contribution in [1.82, 2.24) is 10.4 Å². The zero-order valence-corrected chi connectivity index (χ0v) is 11.3. The molecule has 0 aliphatic carbocycles. The van der Waals surface area contributed by atoms with E-state index in [0.717, 1.165) is 36.6 Å². The highest BCUT2D eigenvalue weighted by atomic mass is 32.1. The second kappa shape index (κ2) is 5.44. The van der Waals surface area contributed by atoms with Crippen molar-refractivity contribution in [2.45, 2.75) is 51.2 Å². The Morgan fingerprint density at radius 3 is 3.00 bits per heavy atom. The summed E-state index contributed by atoms with van der Waals surface area (Å²) in [5.41, 5.74) is 3.85. The van der Waals surface area contributed by atoms with Crippen LogP contribution in [0.5, 0.6) is 0 Å². The summed E-state index contributed by atoms with van der Waals surface area (Å²) < 4.78 is 5.93. The Bertz CT molecular complexity index is 360. The molecule has 96 valence electrons. The Morgan fingerprint density at radius 2 is 2.47 bits per heavy atom. The lowest BCUT2D eigenvalue weighted by atomic mass is 9.86. The minimum absolute atomic E-state index is 0.129. The van der Waals surface area contributed by atoms with Crippen LogP contribution in [0.15, 0.2) is 5.38 Å². The fourth-order valence-corrected chi connectivity index (χ4v) is 3.02. The van der Waals surface area contributed by atoms with Gasteiger partial charge in [0.05, 0.1) is 22.3 Å². The zero-order valence-electron chi connectivity index (χ0n) is 10.5. The molecule has 0 bridgehead atoms. The van der Waals surface area contributed by atoms with Crippen molar-refractivity contribution in [2.24, 2.45) is 5.84 Å². The molecule has 0 radical (unpaired) electrons. The fourth-order valence-electron chi connectivity index (χ4n) is 2.39. The van der Waals surface area contributed by atoms with Crippen LogP contribution in [-0.2, 0) is 11.2 Å². The first-order chi connectivity index (χ1) is 8.14. The molecule has 1 aromatic rings. The molecule has 1 aromatic heterocycles. The van der Waals surface area contributed by atoms with Gasteiger partial charge < -0.3 is 4.74 Å². The SMILES string of the molecule is Cc1nc(CC(NN)C2(C)CCCCO2)cs1. The van der Waals surface area contributed by atoms with E-state index in [9.17, 15) is 0 Å². The highest BCUT2D eigenvalue weighted by molar-refractivity contribution is 7.09. The van der Waals surface area contributed by atoms with Gasteiger partial charge in [0.1, 0.15) is 0 Å². The van der Waals surface area contributed by atoms with Gasteiger partial charge in [-0.1, -0.05) is 0 Å². The van der Waals surface area contributed by atoms with Gasteiger partial charge in [0.25, 0.3) is 0 Å². The first kappa shape index (κ1) is 13.0. The van der Waals surface area contributed by atoms with Crippen LogP contribution < -0.4 is 11.3 Å². The Labute approximate surface area is 107 Å². The molecule has 2 rings (SSSR count). The molecule has 0 spiro atoms. The summed E-state index contributed by atoms with van der Waals surface area (Å²) in [6, 6.07) is 0.129. The summed E-state index contributed by atoms with van der Waals surface area (Å²) in [6.07, 6.45) is 4.26. The highest BCUT2D eigenvalue weighted by Crippen LogP contribution is 2.29. The standard InChI is InChI=1S/C12H21N3OS/c1-9-14-10(8-17-9)7-11(15-13)12(2)5-3-4-6-16-12/h8,11,15H,3-7,13H2,1-2H3. The van der Waals surface area contributed by atoms with Gasteiger partial charge in [0.2, 0.25) is 0 Å². The Kier molecular flexibility index (Phi) is 4.14. The Hall–Kier alpha value is -0.490. The molecule has 0 aromatic carbocycles. The molecule has 0 saturated carbocycles. The third kappa shape index (κ3) is 3.04. The maximum absolute atomic E-state index is 5.93. The van der Waals surface area contributed by atoms with Gasteiger partial charge in [-0.15, -0.1) is 11.3 Å². The molecule has 1 aliphatic rings. The maximum atomic E-state index is 5.93. The summed E-state index contributed by atoms with van der Waals surface area (Å²) >= 11 is 1.68. The minimum atomic E-state index is -0.162.